The van der Waals surface area contributed by atoms with E-state index < -0.39 is 0 Å². The molecule has 0 spiro atoms. The van der Waals surface area contributed by atoms with Crippen molar-refractivity contribution in [1.29, 1.82) is 0 Å². The van der Waals surface area contributed by atoms with E-state index in [1.807, 2.05) is 11.6 Å². The van der Waals surface area contributed by atoms with Crippen LogP contribution in [0.25, 0.3) is 0 Å². The number of nitrogens with one attached hydrogen (secondary N) is 1. The molecule has 1 heterocycles. The zero-order valence-corrected chi connectivity index (χ0v) is 9.44. The molecule has 0 unspecified atom stereocenters. The summed E-state index contributed by atoms with van der Waals surface area (Å²) < 4.78 is 2.70. The molecule has 0 amide bonds. The first-order valence-corrected chi connectivity index (χ1v) is 5.78. The number of rotatable bonds is 3. The van der Waals surface area contributed by atoms with E-state index in [9.17, 15) is 0 Å². The number of aromatic nitrogens is 3. The van der Waals surface area contributed by atoms with Crippen LogP contribution in [0.5, 0.6) is 0 Å². The van der Waals surface area contributed by atoms with Gasteiger partial charge in [-0.1, -0.05) is 25.7 Å². The Kier molecular flexibility index (Phi) is 3.01. The van der Waals surface area contributed by atoms with Crippen molar-refractivity contribution in [3.8, 4) is 0 Å². The van der Waals surface area contributed by atoms with E-state index in [0.717, 1.165) is 22.9 Å². The fraction of sp³-hybridized carbons (Fsp3) is 0.800. The molecular weight excluding hydrogens is 194 g/mol. The lowest BCUT2D eigenvalue weighted by Gasteiger charge is -2.07. The number of nitrogens with zero attached hydrogens (tertiary/aromatic N) is 2. The second kappa shape index (κ2) is 4.26. The van der Waals surface area contributed by atoms with Crippen molar-refractivity contribution < 1.29 is 0 Å². The molecule has 4 heteroatoms. The highest BCUT2D eigenvalue weighted by atomic mass is 32.1. The van der Waals surface area contributed by atoms with Crippen LogP contribution >= 0.6 is 12.2 Å². The van der Waals surface area contributed by atoms with E-state index in [1.165, 1.54) is 32.1 Å². The smallest absolute Gasteiger partial charge is 0.194 e. The van der Waals surface area contributed by atoms with Crippen LogP contribution in [0.3, 0.4) is 0 Å². The summed E-state index contributed by atoms with van der Waals surface area (Å²) in [6.07, 6.45) is 8.00. The van der Waals surface area contributed by atoms with Gasteiger partial charge in [0.2, 0.25) is 0 Å². The normalized spacial score (nSPS) is 17.8. The number of aromatic amines is 1. The fourth-order valence-electron chi connectivity index (χ4n) is 2.24. The Labute approximate surface area is 89.5 Å². The lowest BCUT2D eigenvalue weighted by molar-refractivity contribution is 0.492. The molecule has 0 aromatic carbocycles. The number of hydrogen-bond acceptors (Lipinski definition) is 2. The number of H-pyrrole nitrogens is 1. The quantitative estimate of drug-likeness (QED) is 0.780. The predicted octanol–water partition coefficient (Wildman–Crippen LogP) is 2.60. The summed E-state index contributed by atoms with van der Waals surface area (Å²) in [5.74, 6) is 2.03. The van der Waals surface area contributed by atoms with Gasteiger partial charge in [-0.2, -0.15) is 5.10 Å². The Hall–Kier alpha value is -0.640. The third-order valence-corrected chi connectivity index (χ3v) is 3.59. The molecule has 0 atom stereocenters. The van der Waals surface area contributed by atoms with Crippen molar-refractivity contribution in [2.45, 2.75) is 38.5 Å². The highest BCUT2D eigenvalue weighted by Gasteiger charge is 2.15. The summed E-state index contributed by atoms with van der Waals surface area (Å²) in [5, 5.41) is 7.05. The third kappa shape index (κ3) is 2.05. The van der Waals surface area contributed by atoms with Crippen LogP contribution in [-0.4, -0.2) is 14.8 Å². The van der Waals surface area contributed by atoms with Crippen molar-refractivity contribution in [3.63, 3.8) is 0 Å². The summed E-state index contributed by atoms with van der Waals surface area (Å²) in [4.78, 5) is 0. The number of hydrogen-bond donors (Lipinski definition) is 1. The van der Waals surface area contributed by atoms with E-state index in [0.29, 0.717) is 0 Å². The average Bonchev–Trinajstić information content (AvgIpc) is 2.77. The van der Waals surface area contributed by atoms with Gasteiger partial charge in [-0.25, -0.2) is 0 Å². The minimum Gasteiger partial charge on any atom is -0.307 e. The van der Waals surface area contributed by atoms with Gasteiger partial charge in [-0.15, -0.1) is 0 Å². The van der Waals surface area contributed by atoms with Crippen molar-refractivity contribution >= 4 is 12.2 Å². The minimum absolute atomic E-state index is 0.728. The summed E-state index contributed by atoms with van der Waals surface area (Å²) in [6.45, 7) is 0. The fourth-order valence-corrected chi connectivity index (χ4v) is 2.39. The van der Waals surface area contributed by atoms with Gasteiger partial charge in [0.15, 0.2) is 4.77 Å². The maximum Gasteiger partial charge on any atom is 0.194 e. The second-order valence-electron chi connectivity index (χ2n) is 4.19. The van der Waals surface area contributed by atoms with Crippen LogP contribution in [0.2, 0.25) is 0 Å². The van der Waals surface area contributed by atoms with E-state index in [4.69, 9.17) is 12.2 Å². The first-order chi connectivity index (χ1) is 6.77. The molecular formula is C10H17N3S. The highest BCUT2D eigenvalue weighted by Crippen LogP contribution is 2.28. The van der Waals surface area contributed by atoms with Gasteiger partial charge in [0.25, 0.3) is 0 Å². The van der Waals surface area contributed by atoms with Crippen LogP contribution in [0.4, 0.5) is 0 Å². The van der Waals surface area contributed by atoms with Crippen LogP contribution < -0.4 is 0 Å². The lowest BCUT2D eigenvalue weighted by Crippen LogP contribution is -2.02. The molecule has 1 aliphatic rings. The zero-order valence-electron chi connectivity index (χ0n) is 8.62. The molecule has 0 aliphatic heterocycles. The third-order valence-electron chi connectivity index (χ3n) is 3.22. The topological polar surface area (TPSA) is 33.6 Å². The van der Waals surface area contributed by atoms with Crippen LogP contribution in [0, 0.1) is 10.7 Å². The van der Waals surface area contributed by atoms with Crippen molar-refractivity contribution in [1.82, 2.24) is 14.8 Å². The summed E-state index contributed by atoms with van der Waals surface area (Å²) >= 11 is 5.07. The molecule has 1 fully saturated rings. The minimum atomic E-state index is 0.728. The van der Waals surface area contributed by atoms with Crippen LogP contribution in [-0.2, 0) is 13.5 Å². The molecule has 3 nitrogen and oxygen atoms in total. The lowest BCUT2D eigenvalue weighted by atomic mass is 10.0. The molecule has 1 aromatic rings. The molecule has 0 bridgehead atoms. The summed E-state index contributed by atoms with van der Waals surface area (Å²) in [6, 6.07) is 0. The summed E-state index contributed by atoms with van der Waals surface area (Å²) in [7, 11) is 1.98. The Morgan fingerprint density at radius 1 is 1.50 bits per heavy atom. The first kappa shape index (κ1) is 9.90. The van der Waals surface area contributed by atoms with E-state index in [2.05, 4.69) is 10.2 Å². The SMILES string of the molecule is Cn1c(CCC2CCCC2)n[nH]c1=S. The van der Waals surface area contributed by atoms with Crippen LogP contribution in [0.15, 0.2) is 0 Å². The van der Waals surface area contributed by atoms with Crippen molar-refractivity contribution in [2.75, 3.05) is 0 Å². The average molecular weight is 211 g/mol. The molecule has 1 saturated carbocycles. The van der Waals surface area contributed by atoms with Crippen LogP contribution in [0.1, 0.15) is 37.9 Å². The first-order valence-electron chi connectivity index (χ1n) is 5.37. The highest BCUT2D eigenvalue weighted by molar-refractivity contribution is 7.71. The van der Waals surface area contributed by atoms with Gasteiger partial charge in [0.05, 0.1) is 0 Å². The predicted molar refractivity (Wildman–Crippen MR) is 58.7 cm³/mol. The molecule has 0 radical (unpaired) electrons. The molecule has 14 heavy (non-hydrogen) atoms. The maximum atomic E-state index is 5.07. The monoisotopic (exact) mass is 211 g/mol. The standard InChI is InChI=1S/C10H17N3S/c1-13-9(11-12-10(13)14)7-6-8-4-2-3-5-8/h8H,2-7H2,1H3,(H,12,14). The Morgan fingerprint density at radius 2 is 2.21 bits per heavy atom. The maximum absolute atomic E-state index is 5.07. The second-order valence-corrected chi connectivity index (χ2v) is 4.58. The summed E-state index contributed by atoms with van der Waals surface area (Å²) in [5.41, 5.74) is 0. The van der Waals surface area contributed by atoms with Crippen molar-refractivity contribution in [2.24, 2.45) is 13.0 Å². The Morgan fingerprint density at radius 3 is 2.79 bits per heavy atom. The van der Waals surface area contributed by atoms with E-state index in [-0.39, 0.29) is 0 Å². The molecule has 0 saturated heterocycles. The zero-order chi connectivity index (χ0) is 9.97. The molecule has 1 N–H and O–H groups in total. The van der Waals surface area contributed by atoms with Gasteiger partial charge in [-0.3, -0.25) is 5.10 Å². The van der Waals surface area contributed by atoms with E-state index in [1.54, 1.807) is 0 Å². The largest absolute Gasteiger partial charge is 0.307 e. The molecule has 1 aliphatic carbocycles. The Bertz CT molecular complexity index is 346. The van der Waals surface area contributed by atoms with E-state index >= 15 is 0 Å². The Balaban J connectivity index is 1.91. The molecule has 1 aromatic heterocycles. The van der Waals surface area contributed by atoms with Gasteiger partial charge in [0, 0.05) is 13.5 Å². The molecule has 2 rings (SSSR count). The van der Waals surface area contributed by atoms with Gasteiger partial charge in [-0.05, 0) is 24.6 Å². The molecule has 78 valence electrons. The van der Waals surface area contributed by atoms with Gasteiger partial charge in [0.1, 0.15) is 5.82 Å². The van der Waals surface area contributed by atoms with Gasteiger partial charge < -0.3 is 4.57 Å². The number of aryl methyl sites for hydroxylation is 1. The van der Waals surface area contributed by atoms with Gasteiger partial charge >= 0.3 is 0 Å². The van der Waals surface area contributed by atoms with Crippen molar-refractivity contribution in [3.05, 3.63) is 10.6 Å².